The fraction of sp³-hybridized carbons (Fsp3) is 0.111. The van der Waals surface area contributed by atoms with Crippen molar-refractivity contribution in [3.8, 4) is 6.19 Å². The van der Waals surface area contributed by atoms with Gasteiger partial charge in [-0.1, -0.05) is 29.8 Å². The van der Waals surface area contributed by atoms with Gasteiger partial charge in [0, 0.05) is 11.6 Å². The standard InChI is InChI=1S/C9H8ClN3S/c10-8-4-2-1-3-7(8)5-12-9(14)13-6-11/h1-4H,5H2,(H2,12,13,14). The molecule has 5 heteroatoms. The highest BCUT2D eigenvalue weighted by molar-refractivity contribution is 7.80. The summed E-state index contributed by atoms with van der Waals surface area (Å²) < 4.78 is 0. The Morgan fingerprint density at radius 2 is 2.21 bits per heavy atom. The van der Waals surface area contributed by atoms with Crippen molar-refractivity contribution in [1.82, 2.24) is 10.6 Å². The van der Waals surface area contributed by atoms with Crippen molar-refractivity contribution in [1.29, 1.82) is 5.26 Å². The molecule has 1 aromatic carbocycles. The zero-order valence-corrected chi connectivity index (χ0v) is 8.82. The SMILES string of the molecule is N#CNC(=S)NCc1ccccc1Cl. The number of thiocarbonyl (C=S) groups is 1. The fourth-order valence-electron chi connectivity index (χ4n) is 0.912. The van der Waals surface area contributed by atoms with Crippen LogP contribution in [0.2, 0.25) is 5.02 Å². The molecular formula is C9H8ClN3S. The molecule has 1 rings (SSSR count). The van der Waals surface area contributed by atoms with E-state index in [-0.39, 0.29) is 0 Å². The lowest BCUT2D eigenvalue weighted by atomic mass is 10.2. The predicted molar refractivity (Wildman–Crippen MR) is 59.6 cm³/mol. The van der Waals surface area contributed by atoms with E-state index in [2.05, 4.69) is 10.6 Å². The molecule has 0 fully saturated rings. The van der Waals surface area contributed by atoms with Crippen molar-refractivity contribution in [2.75, 3.05) is 0 Å². The summed E-state index contributed by atoms with van der Waals surface area (Å²) >= 11 is 10.7. The summed E-state index contributed by atoms with van der Waals surface area (Å²) in [6, 6.07) is 7.45. The van der Waals surface area contributed by atoms with Gasteiger partial charge in [-0.05, 0) is 23.8 Å². The maximum absolute atomic E-state index is 8.27. The molecule has 0 radical (unpaired) electrons. The van der Waals surface area contributed by atoms with E-state index in [1.807, 2.05) is 18.2 Å². The minimum absolute atomic E-state index is 0.299. The fourth-order valence-corrected chi connectivity index (χ4v) is 1.23. The summed E-state index contributed by atoms with van der Waals surface area (Å²) in [6.45, 7) is 0.507. The smallest absolute Gasteiger partial charge is 0.183 e. The topological polar surface area (TPSA) is 47.9 Å². The van der Waals surface area contributed by atoms with E-state index in [0.717, 1.165) is 5.56 Å². The van der Waals surface area contributed by atoms with Crippen LogP contribution >= 0.6 is 23.8 Å². The average molecular weight is 226 g/mol. The second-order valence-corrected chi connectivity index (χ2v) is 3.33. The number of halogens is 1. The highest BCUT2D eigenvalue weighted by atomic mass is 35.5. The van der Waals surface area contributed by atoms with Crippen molar-refractivity contribution < 1.29 is 0 Å². The Labute approximate surface area is 92.7 Å². The molecule has 14 heavy (non-hydrogen) atoms. The van der Waals surface area contributed by atoms with Crippen molar-refractivity contribution in [2.45, 2.75) is 6.54 Å². The summed E-state index contributed by atoms with van der Waals surface area (Å²) in [5.41, 5.74) is 0.941. The zero-order valence-electron chi connectivity index (χ0n) is 7.25. The molecule has 0 saturated carbocycles. The predicted octanol–water partition coefficient (Wildman–Crippen LogP) is 1.79. The lowest BCUT2D eigenvalue weighted by Gasteiger charge is -2.06. The van der Waals surface area contributed by atoms with E-state index in [4.69, 9.17) is 29.1 Å². The number of rotatable bonds is 2. The minimum Gasteiger partial charge on any atom is -0.358 e. The first kappa shape index (κ1) is 10.8. The molecule has 0 amide bonds. The second-order valence-electron chi connectivity index (χ2n) is 2.51. The molecule has 0 aliphatic rings. The summed E-state index contributed by atoms with van der Waals surface area (Å²) in [6.07, 6.45) is 1.73. The van der Waals surface area contributed by atoms with Crippen LogP contribution in [-0.2, 0) is 6.54 Å². The van der Waals surface area contributed by atoms with Gasteiger partial charge in [0.25, 0.3) is 0 Å². The summed E-state index contributed by atoms with van der Waals surface area (Å²) in [5, 5.41) is 14.4. The van der Waals surface area contributed by atoms with Crippen molar-refractivity contribution in [2.24, 2.45) is 0 Å². The first-order valence-electron chi connectivity index (χ1n) is 3.90. The van der Waals surface area contributed by atoms with Gasteiger partial charge >= 0.3 is 0 Å². The van der Waals surface area contributed by atoms with Gasteiger partial charge in [-0.25, -0.2) is 0 Å². The van der Waals surface area contributed by atoms with Gasteiger partial charge in [-0.3, -0.25) is 5.32 Å². The monoisotopic (exact) mass is 225 g/mol. The summed E-state index contributed by atoms with van der Waals surface area (Å²) in [7, 11) is 0. The van der Waals surface area contributed by atoms with E-state index >= 15 is 0 Å². The number of nitrogens with zero attached hydrogens (tertiary/aromatic N) is 1. The maximum atomic E-state index is 8.27. The van der Waals surface area contributed by atoms with Crippen molar-refractivity contribution in [3.05, 3.63) is 34.9 Å². The molecule has 0 aliphatic heterocycles. The lowest BCUT2D eigenvalue weighted by Crippen LogP contribution is -2.31. The third kappa shape index (κ3) is 3.21. The van der Waals surface area contributed by atoms with Gasteiger partial charge in [-0.15, -0.1) is 0 Å². The third-order valence-electron chi connectivity index (χ3n) is 1.57. The van der Waals surface area contributed by atoms with Crippen LogP contribution < -0.4 is 10.6 Å². The summed E-state index contributed by atoms with van der Waals surface area (Å²) in [5.74, 6) is 0. The van der Waals surface area contributed by atoms with Gasteiger partial charge in [0.1, 0.15) is 0 Å². The Kier molecular flexibility index (Phi) is 4.17. The van der Waals surface area contributed by atoms with Gasteiger partial charge < -0.3 is 5.32 Å². The summed E-state index contributed by atoms with van der Waals surface area (Å²) in [4.78, 5) is 0. The molecule has 0 aromatic heterocycles. The number of hydrogen-bond donors (Lipinski definition) is 2. The average Bonchev–Trinajstić information content (AvgIpc) is 2.17. The van der Waals surface area contributed by atoms with E-state index < -0.39 is 0 Å². The van der Waals surface area contributed by atoms with Gasteiger partial charge in [0.05, 0.1) is 0 Å². The maximum Gasteiger partial charge on any atom is 0.183 e. The largest absolute Gasteiger partial charge is 0.358 e. The molecular weight excluding hydrogens is 218 g/mol. The van der Waals surface area contributed by atoms with Gasteiger partial charge in [0.15, 0.2) is 11.3 Å². The van der Waals surface area contributed by atoms with E-state index in [1.165, 1.54) is 0 Å². The first-order chi connectivity index (χ1) is 6.74. The number of hydrogen-bond acceptors (Lipinski definition) is 2. The van der Waals surface area contributed by atoms with Crippen LogP contribution in [0.5, 0.6) is 0 Å². The third-order valence-corrected chi connectivity index (χ3v) is 2.18. The minimum atomic E-state index is 0.299. The Morgan fingerprint density at radius 3 is 2.86 bits per heavy atom. The van der Waals surface area contributed by atoms with Gasteiger partial charge in [0.2, 0.25) is 0 Å². The van der Waals surface area contributed by atoms with E-state index in [9.17, 15) is 0 Å². The van der Waals surface area contributed by atoms with E-state index in [1.54, 1.807) is 12.3 Å². The van der Waals surface area contributed by atoms with Crippen LogP contribution in [0.15, 0.2) is 24.3 Å². The molecule has 0 atom stereocenters. The molecule has 0 bridgehead atoms. The molecule has 3 nitrogen and oxygen atoms in total. The van der Waals surface area contributed by atoms with Crippen LogP contribution in [0, 0.1) is 11.5 Å². The first-order valence-corrected chi connectivity index (χ1v) is 4.69. The van der Waals surface area contributed by atoms with Crippen LogP contribution in [-0.4, -0.2) is 5.11 Å². The van der Waals surface area contributed by atoms with Gasteiger partial charge in [-0.2, -0.15) is 5.26 Å². The highest BCUT2D eigenvalue weighted by Crippen LogP contribution is 2.13. The second kappa shape index (κ2) is 5.43. The number of nitrogens with one attached hydrogen (secondary N) is 2. The van der Waals surface area contributed by atoms with Crippen LogP contribution in [0.1, 0.15) is 5.56 Å². The normalized spacial score (nSPS) is 8.86. The van der Waals surface area contributed by atoms with Crippen LogP contribution in [0.25, 0.3) is 0 Å². The Hall–Kier alpha value is -1.31. The molecule has 0 saturated heterocycles. The van der Waals surface area contributed by atoms with E-state index in [0.29, 0.717) is 16.7 Å². The molecule has 2 N–H and O–H groups in total. The quantitative estimate of drug-likeness (QED) is 0.458. The zero-order chi connectivity index (χ0) is 10.4. The molecule has 0 spiro atoms. The molecule has 0 aliphatic carbocycles. The van der Waals surface area contributed by atoms with Crippen molar-refractivity contribution >= 4 is 28.9 Å². The lowest BCUT2D eigenvalue weighted by molar-refractivity contribution is 0.903. The Balaban J connectivity index is 2.51. The number of nitriles is 1. The molecule has 72 valence electrons. The molecule has 0 unspecified atom stereocenters. The van der Waals surface area contributed by atoms with Crippen LogP contribution in [0.3, 0.4) is 0 Å². The molecule has 0 heterocycles. The Bertz CT molecular complexity index is 373. The van der Waals surface area contributed by atoms with Crippen molar-refractivity contribution in [3.63, 3.8) is 0 Å². The van der Waals surface area contributed by atoms with Crippen LogP contribution in [0.4, 0.5) is 0 Å². The highest BCUT2D eigenvalue weighted by Gasteiger charge is 1.99. The molecule has 1 aromatic rings. The number of benzene rings is 1. The Morgan fingerprint density at radius 1 is 1.50 bits per heavy atom.